The Morgan fingerprint density at radius 2 is 2.15 bits per heavy atom. The van der Waals surface area contributed by atoms with Crippen molar-refractivity contribution >= 4 is 27.9 Å². The maximum atomic E-state index is 5.28. The molecule has 2 aromatic heterocycles. The average Bonchev–Trinajstić information content (AvgIpc) is 2.89. The smallest absolute Gasteiger partial charge is 0.134 e. The van der Waals surface area contributed by atoms with Gasteiger partial charge in [-0.05, 0) is 30.5 Å². The molecule has 0 aliphatic heterocycles. The van der Waals surface area contributed by atoms with E-state index in [1.165, 1.54) is 4.88 Å². The van der Waals surface area contributed by atoms with E-state index in [1.807, 2.05) is 42.9 Å². The third-order valence-electron chi connectivity index (χ3n) is 3.23. The highest BCUT2D eigenvalue weighted by molar-refractivity contribution is 7.09. The van der Waals surface area contributed by atoms with Crippen molar-refractivity contribution in [3.63, 3.8) is 0 Å². The number of nitrogens with one attached hydrogen (secondary N) is 1. The lowest BCUT2D eigenvalue weighted by Gasteiger charge is -2.09. The van der Waals surface area contributed by atoms with Gasteiger partial charge >= 0.3 is 0 Å². The number of ether oxygens (including phenoxy) is 1. The van der Waals surface area contributed by atoms with E-state index in [0.717, 1.165) is 34.6 Å². The second kappa shape index (κ2) is 5.46. The largest absolute Gasteiger partial charge is 0.497 e. The topological polar surface area (TPSA) is 47.0 Å². The van der Waals surface area contributed by atoms with E-state index in [0.29, 0.717) is 0 Å². The molecule has 1 aromatic carbocycles. The predicted molar refractivity (Wildman–Crippen MR) is 82.5 cm³/mol. The minimum absolute atomic E-state index is 0.736. The summed E-state index contributed by atoms with van der Waals surface area (Å²) in [6.45, 7) is 2.76. The Balaban J connectivity index is 1.92. The molecule has 0 saturated heterocycles. The second-order valence-corrected chi connectivity index (χ2v) is 5.40. The molecular weight excluding hydrogens is 270 g/mol. The number of anilines is 1. The SMILES string of the molecule is COc1ccc2ccnc(NCc3scnc3C)c2c1. The number of aromatic nitrogens is 2. The van der Waals surface area contributed by atoms with E-state index in [2.05, 4.69) is 15.3 Å². The molecule has 0 amide bonds. The molecule has 5 heteroatoms. The van der Waals surface area contributed by atoms with Crippen LogP contribution in [0, 0.1) is 6.92 Å². The average molecular weight is 285 g/mol. The number of nitrogens with zero attached hydrogens (tertiary/aromatic N) is 2. The molecule has 0 aliphatic carbocycles. The van der Waals surface area contributed by atoms with Crippen molar-refractivity contribution in [3.05, 3.63) is 46.5 Å². The third-order valence-corrected chi connectivity index (χ3v) is 4.17. The van der Waals surface area contributed by atoms with Crippen LogP contribution >= 0.6 is 11.3 Å². The van der Waals surface area contributed by atoms with Crippen molar-refractivity contribution in [1.82, 2.24) is 9.97 Å². The number of methoxy groups -OCH3 is 1. The summed E-state index contributed by atoms with van der Waals surface area (Å²) in [5, 5.41) is 5.59. The Morgan fingerprint density at radius 3 is 2.90 bits per heavy atom. The van der Waals surface area contributed by atoms with Gasteiger partial charge in [0.15, 0.2) is 0 Å². The summed E-state index contributed by atoms with van der Waals surface area (Å²) in [4.78, 5) is 9.91. The lowest BCUT2D eigenvalue weighted by molar-refractivity contribution is 0.415. The number of thiazole rings is 1. The van der Waals surface area contributed by atoms with Crippen LogP contribution in [0.5, 0.6) is 5.75 Å². The molecule has 4 nitrogen and oxygen atoms in total. The van der Waals surface area contributed by atoms with Crippen molar-refractivity contribution in [1.29, 1.82) is 0 Å². The van der Waals surface area contributed by atoms with Gasteiger partial charge < -0.3 is 10.1 Å². The Labute approximate surface area is 121 Å². The Morgan fingerprint density at radius 1 is 1.25 bits per heavy atom. The minimum atomic E-state index is 0.736. The van der Waals surface area contributed by atoms with Crippen LogP contribution in [0.25, 0.3) is 10.8 Å². The maximum absolute atomic E-state index is 5.28. The van der Waals surface area contributed by atoms with Gasteiger partial charge in [0.2, 0.25) is 0 Å². The molecule has 0 saturated carbocycles. The molecule has 0 fully saturated rings. The number of rotatable bonds is 4. The standard InChI is InChI=1S/C15H15N3OS/c1-10-14(20-9-18-10)8-17-15-13-7-12(19-2)4-3-11(13)5-6-16-15/h3-7,9H,8H2,1-2H3,(H,16,17). The fourth-order valence-corrected chi connectivity index (χ4v) is 2.79. The van der Waals surface area contributed by atoms with Gasteiger partial charge in [0, 0.05) is 16.5 Å². The van der Waals surface area contributed by atoms with Crippen molar-refractivity contribution in [3.8, 4) is 5.75 Å². The number of aryl methyl sites for hydroxylation is 1. The molecule has 0 unspecified atom stereocenters. The zero-order valence-electron chi connectivity index (χ0n) is 11.4. The van der Waals surface area contributed by atoms with Crippen LogP contribution in [0.1, 0.15) is 10.6 Å². The molecule has 20 heavy (non-hydrogen) atoms. The number of hydrogen-bond donors (Lipinski definition) is 1. The van der Waals surface area contributed by atoms with Crippen LogP contribution in [0.4, 0.5) is 5.82 Å². The molecule has 0 atom stereocenters. The molecule has 3 rings (SSSR count). The van der Waals surface area contributed by atoms with E-state index in [1.54, 1.807) is 18.4 Å². The van der Waals surface area contributed by atoms with Crippen LogP contribution in [0.3, 0.4) is 0 Å². The van der Waals surface area contributed by atoms with Gasteiger partial charge in [-0.1, -0.05) is 6.07 Å². The van der Waals surface area contributed by atoms with E-state index >= 15 is 0 Å². The molecule has 0 radical (unpaired) electrons. The Bertz CT molecular complexity index is 739. The molecular formula is C15H15N3OS. The summed E-state index contributed by atoms with van der Waals surface area (Å²) in [6.07, 6.45) is 1.82. The number of fused-ring (bicyclic) bond motifs is 1. The highest BCUT2D eigenvalue weighted by Crippen LogP contribution is 2.26. The number of pyridine rings is 1. The van der Waals surface area contributed by atoms with E-state index in [4.69, 9.17) is 4.74 Å². The van der Waals surface area contributed by atoms with E-state index in [-0.39, 0.29) is 0 Å². The zero-order chi connectivity index (χ0) is 13.9. The zero-order valence-corrected chi connectivity index (χ0v) is 12.2. The monoisotopic (exact) mass is 285 g/mol. The van der Waals surface area contributed by atoms with Crippen LogP contribution in [0.15, 0.2) is 36.0 Å². The van der Waals surface area contributed by atoms with Gasteiger partial charge in [0.05, 0.1) is 24.9 Å². The van der Waals surface area contributed by atoms with Crippen molar-refractivity contribution in [2.24, 2.45) is 0 Å². The number of hydrogen-bond acceptors (Lipinski definition) is 5. The minimum Gasteiger partial charge on any atom is -0.497 e. The van der Waals surface area contributed by atoms with Crippen LogP contribution in [0.2, 0.25) is 0 Å². The number of benzene rings is 1. The van der Waals surface area contributed by atoms with Gasteiger partial charge in [0.25, 0.3) is 0 Å². The quantitative estimate of drug-likeness (QED) is 0.795. The fourth-order valence-electron chi connectivity index (χ4n) is 2.08. The normalized spacial score (nSPS) is 10.7. The summed E-state index contributed by atoms with van der Waals surface area (Å²) in [6, 6.07) is 8.00. The van der Waals surface area contributed by atoms with Crippen molar-refractivity contribution in [2.75, 3.05) is 12.4 Å². The van der Waals surface area contributed by atoms with Crippen molar-refractivity contribution in [2.45, 2.75) is 13.5 Å². The van der Waals surface area contributed by atoms with Crippen LogP contribution in [-0.4, -0.2) is 17.1 Å². The molecule has 102 valence electrons. The second-order valence-electron chi connectivity index (χ2n) is 4.46. The van der Waals surface area contributed by atoms with Gasteiger partial charge in [-0.15, -0.1) is 11.3 Å². The predicted octanol–water partition coefficient (Wildman–Crippen LogP) is 3.62. The summed E-state index contributed by atoms with van der Waals surface area (Å²) < 4.78 is 5.28. The summed E-state index contributed by atoms with van der Waals surface area (Å²) in [5.41, 5.74) is 2.94. The summed E-state index contributed by atoms with van der Waals surface area (Å²) in [5.74, 6) is 1.71. The Hall–Kier alpha value is -2.14. The fraction of sp³-hybridized carbons (Fsp3) is 0.200. The van der Waals surface area contributed by atoms with Crippen molar-refractivity contribution < 1.29 is 4.74 Å². The molecule has 1 N–H and O–H groups in total. The molecule has 3 aromatic rings. The van der Waals surface area contributed by atoms with E-state index in [9.17, 15) is 0 Å². The van der Waals surface area contributed by atoms with Gasteiger partial charge in [-0.3, -0.25) is 0 Å². The first-order valence-corrected chi connectivity index (χ1v) is 7.21. The van der Waals surface area contributed by atoms with Crippen LogP contribution < -0.4 is 10.1 Å². The lowest BCUT2D eigenvalue weighted by Crippen LogP contribution is -2.01. The Kier molecular flexibility index (Phi) is 3.52. The summed E-state index contributed by atoms with van der Waals surface area (Å²) >= 11 is 1.66. The summed E-state index contributed by atoms with van der Waals surface area (Å²) in [7, 11) is 1.67. The lowest BCUT2D eigenvalue weighted by atomic mass is 10.1. The molecule has 0 spiro atoms. The van der Waals surface area contributed by atoms with E-state index < -0.39 is 0 Å². The van der Waals surface area contributed by atoms with Gasteiger partial charge in [-0.2, -0.15) is 0 Å². The highest BCUT2D eigenvalue weighted by Gasteiger charge is 2.06. The third kappa shape index (κ3) is 2.44. The first-order valence-electron chi connectivity index (χ1n) is 6.33. The first kappa shape index (κ1) is 12.9. The molecule has 2 heterocycles. The first-order chi connectivity index (χ1) is 9.78. The highest BCUT2D eigenvalue weighted by atomic mass is 32.1. The van der Waals surface area contributed by atoms with Gasteiger partial charge in [0.1, 0.15) is 11.6 Å². The molecule has 0 aliphatic rings. The maximum Gasteiger partial charge on any atom is 0.134 e. The van der Waals surface area contributed by atoms with Crippen LogP contribution in [-0.2, 0) is 6.54 Å². The molecule has 0 bridgehead atoms. The van der Waals surface area contributed by atoms with Gasteiger partial charge in [-0.25, -0.2) is 9.97 Å².